The standard InChI is InChI=1S/C16H16N2O3/c19-16(20)12-3-1-11(2-4-12)9-14-6-5-13-10-17-7-8-21-15(13)18-14/h1-6,17H,7-10H2,(H,19,20). The molecule has 0 fully saturated rings. The number of fused-ring (bicyclic) bond motifs is 1. The largest absolute Gasteiger partial charge is 0.478 e. The lowest BCUT2D eigenvalue weighted by molar-refractivity contribution is 0.0697. The third-order valence-corrected chi connectivity index (χ3v) is 3.42. The van der Waals surface area contributed by atoms with Gasteiger partial charge in [0.15, 0.2) is 0 Å². The maximum absolute atomic E-state index is 10.8. The molecule has 0 saturated heterocycles. The number of pyridine rings is 1. The molecule has 0 bridgehead atoms. The van der Waals surface area contributed by atoms with E-state index in [1.54, 1.807) is 12.1 Å². The predicted molar refractivity (Wildman–Crippen MR) is 77.6 cm³/mol. The van der Waals surface area contributed by atoms with E-state index in [4.69, 9.17) is 9.84 Å². The van der Waals surface area contributed by atoms with Gasteiger partial charge in [0, 0.05) is 30.8 Å². The van der Waals surface area contributed by atoms with Crippen LogP contribution in [0.3, 0.4) is 0 Å². The fourth-order valence-electron chi connectivity index (χ4n) is 2.28. The molecule has 5 nitrogen and oxygen atoms in total. The number of nitrogens with zero attached hydrogens (tertiary/aromatic N) is 1. The Hall–Kier alpha value is -2.40. The summed E-state index contributed by atoms with van der Waals surface area (Å²) in [5, 5.41) is 12.2. The highest BCUT2D eigenvalue weighted by atomic mass is 16.5. The topological polar surface area (TPSA) is 71.5 Å². The van der Waals surface area contributed by atoms with Crippen molar-refractivity contribution in [1.29, 1.82) is 0 Å². The van der Waals surface area contributed by atoms with Crippen molar-refractivity contribution in [3.8, 4) is 5.88 Å². The zero-order valence-corrected chi connectivity index (χ0v) is 11.5. The molecular formula is C16H16N2O3. The van der Waals surface area contributed by atoms with E-state index in [1.807, 2.05) is 24.3 Å². The van der Waals surface area contributed by atoms with Crippen LogP contribution in [0.15, 0.2) is 36.4 Å². The minimum absolute atomic E-state index is 0.294. The number of hydrogen-bond acceptors (Lipinski definition) is 4. The average Bonchev–Trinajstić information content (AvgIpc) is 2.72. The Labute approximate surface area is 122 Å². The van der Waals surface area contributed by atoms with E-state index in [-0.39, 0.29) is 0 Å². The van der Waals surface area contributed by atoms with Crippen molar-refractivity contribution in [1.82, 2.24) is 10.3 Å². The average molecular weight is 284 g/mol. The van der Waals surface area contributed by atoms with E-state index < -0.39 is 5.97 Å². The first-order valence-corrected chi connectivity index (χ1v) is 6.87. The molecule has 0 amide bonds. The molecular weight excluding hydrogens is 268 g/mol. The number of ether oxygens (including phenoxy) is 1. The fourth-order valence-corrected chi connectivity index (χ4v) is 2.28. The molecule has 1 aromatic carbocycles. The van der Waals surface area contributed by atoms with Crippen molar-refractivity contribution in [2.75, 3.05) is 13.2 Å². The van der Waals surface area contributed by atoms with Crippen molar-refractivity contribution in [2.45, 2.75) is 13.0 Å². The molecule has 0 spiro atoms. The summed E-state index contributed by atoms with van der Waals surface area (Å²) in [5.74, 6) is -0.217. The number of carboxylic acids is 1. The van der Waals surface area contributed by atoms with Gasteiger partial charge in [0.05, 0.1) is 5.56 Å². The molecule has 2 aromatic rings. The molecule has 0 aliphatic carbocycles. The van der Waals surface area contributed by atoms with Crippen molar-refractivity contribution >= 4 is 5.97 Å². The number of nitrogens with one attached hydrogen (secondary N) is 1. The van der Waals surface area contributed by atoms with Crippen LogP contribution < -0.4 is 10.1 Å². The van der Waals surface area contributed by atoms with Crippen LogP contribution in [-0.2, 0) is 13.0 Å². The Morgan fingerprint density at radius 1 is 1.24 bits per heavy atom. The lowest BCUT2D eigenvalue weighted by Gasteiger charge is -2.08. The Kier molecular flexibility index (Phi) is 3.83. The van der Waals surface area contributed by atoms with Gasteiger partial charge in [0.25, 0.3) is 0 Å². The van der Waals surface area contributed by atoms with E-state index in [0.717, 1.165) is 29.9 Å². The molecule has 0 saturated carbocycles. The van der Waals surface area contributed by atoms with Crippen LogP contribution in [0.1, 0.15) is 27.2 Å². The normalized spacial score (nSPS) is 13.9. The van der Waals surface area contributed by atoms with Crippen molar-refractivity contribution in [3.63, 3.8) is 0 Å². The summed E-state index contributed by atoms with van der Waals surface area (Å²) in [4.78, 5) is 15.4. The SMILES string of the molecule is O=C(O)c1ccc(Cc2ccc3c(n2)OCCNC3)cc1. The third-order valence-electron chi connectivity index (χ3n) is 3.42. The maximum Gasteiger partial charge on any atom is 0.335 e. The van der Waals surface area contributed by atoms with Gasteiger partial charge in [-0.15, -0.1) is 0 Å². The zero-order valence-electron chi connectivity index (χ0n) is 11.5. The number of rotatable bonds is 3. The lowest BCUT2D eigenvalue weighted by atomic mass is 10.1. The maximum atomic E-state index is 10.8. The summed E-state index contributed by atoms with van der Waals surface area (Å²) in [6.07, 6.45) is 0.657. The molecule has 21 heavy (non-hydrogen) atoms. The lowest BCUT2D eigenvalue weighted by Crippen LogP contribution is -2.16. The number of aromatic nitrogens is 1. The van der Waals surface area contributed by atoms with Crippen LogP contribution >= 0.6 is 0 Å². The summed E-state index contributed by atoms with van der Waals surface area (Å²) in [6, 6.07) is 10.9. The molecule has 1 aliphatic heterocycles. The van der Waals surface area contributed by atoms with Crippen LogP contribution in [0.5, 0.6) is 5.88 Å². The predicted octanol–water partition coefficient (Wildman–Crippen LogP) is 1.85. The molecule has 0 radical (unpaired) electrons. The smallest absolute Gasteiger partial charge is 0.335 e. The highest BCUT2D eigenvalue weighted by Crippen LogP contribution is 2.19. The minimum Gasteiger partial charge on any atom is -0.478 e. The number of aromatic carboxylic acids is 1. The second kappa shape index (κ2) is 5.93. The van der Waals surface area contributed by atoms with Gasteiger partial charge in [-0.05, 0) is 23.8 Å². The number of carbonyl (C=O) groups is 1. The molecule has 2 heterocycles. The molecule has 2 N–H and O–H groups in total. The van der Waals surface area contributed by atoms with Crippen LogP contribution in [0.4, 0.5) is 0 Å². The van der Waals surface area contributed by atoms with Crippen LogP contribution in [0, 0.1) is 0 Å². The molecule has 1 aliphatic rings. The summed E-state index contributed by atoms with van der Waals surface area (Å²) < 4.78 is 5.63. The van der Waals surface area contributed by atoms with E-state index in [1.165, 1.54) is 0 Å². The summed E-state index contributed by atoms with van der Waals surface area (Å²) in [5.41, 5.74) is 3.30. The van der Waals surface area contributed by atoms with Gasteiger partial charge in [-0.25, -0.2) is 9.78 Å². The van der Waals surface area contributed by atoms with E-state index in [0.29, 0.717) is 24.5 Å². The quantitative estimate of drug-likeness (QED) is 0.900. The van der Waals surface area contributed by atoms with Gasteiger partial charge in [-0.3, -0.25) is 0 Å². The number of hydrogen-bond donors (Lipinski definition) is 2. The molecule has 5 heteroatoms. The van der Waals surface area contributed by atoms with Gasteiger partial charge in [-0.2, -0.15) is 0 Å². The van der Waals surface area contributed by atoms with E-state index in [2.05, 4.69) is 10.3 Å². The Morgan fingerprint density at radius 3 is 2.81 bits per heavy atom. The Bertz CT molecular complexity index is 653. The summed E-state index contributed by atoms with van der Waals surface area (Å²) >= 11 is 0. The van der Waals surface area contributed by atoms with Gasteiger partial charge >= 0.3 is 5.97 Å². The first-order valence-electron chi connectivity index (χ1n) is 6.87. The van der Waals surface area contributed by atoms with Crippen LogP contribution in [-0.4, -0.2) is 29.2 Å². The molecule has 108 valence electrons. The zero-order chi connectivity index (χ0) is 14.7. The minimum atomic E-state index is -0.911. The number of benzene rings is 1. The molecule has 3 rings (SSSR count). The van der Waals surface area contributed by atoms with Crippen molar-refractivity contribution < 1.29 is 14.6 Å². The summed E-state index contributed by atoms with van der Waals surface area (Å²) in [6.45, 7) is 2.22. The third kappa shape index (κ3) is 3.20. The van der Waals surface area contributed by atoms with Gasteiger partial charge in [0.2, 0.25) is 5.88 Å². The Balaban J connectivity index is 1.78. The summed E-state index contributed by atoms with van der Waals surface area (Å²) in [7, 11) is 0. The second-order valence-corrected chi connectivity index (χ2v) is 4.97. The first kappa shape index (κ1) is 13.6. The van der Waals surface area contributed by atoms with E-state index in [9.17, 15) is 4.79 Å². The first-order chi connectivity index (χ1) is 10.2. The van der Waals surface area contributed by atoms with Gasteiger partial charge < -0.3 is 15.2 Å². The monoisotopic (exact) mass is 284 g/mol. The van der Waals surface area contributed by atoms with E-state index >= 15 is 0 Å². The van der Waals surface area contributed by atoms with Crippen LogP contribution in [0.2, 0.25) is 0 Å². The van der Waals surface area contributed by atoms with Gasteiger partial charge in [-0.1, -0.05) is 18.2 Å². The highest BCUT2D eigenvalue weighted by molar-refractivity contribution is 5.87. The van der Waals surface area contributed by atoms with Crippen LogP contribution in [0.25, 0.3) is 0 Å². The molecule has 0 atom stereocenters. The van der Waals surface area contributed by atoms with Gasteiger partial charge in [0.1, 0.15) is 6.61 Å². The number of carboxylic acid groups (broad SMARTS) is 1. The van der Waals surface area contributed by atoms with Crippen molar-refractivity contribution in [2.24, 2.45) is 0 Å². The fraction of sp³-hybridized carbons (Fsp3) is 0.250. The van der Waals surface area contributed by atoms with Crippen molar-refractivity contribution in [3.05, 3.63) is 58.8 Å². The second-order valence-electron chi connectivity index (χ2n) is 4.97. The molecule has 0 unspecified atom stereocenters. The Morgan fingerprint density at radius 2 is 2.05 bits per heavy atom. The highest BCUT2D eigenvalue weighted by Gasteiger charge is 2.11. The molecule has 1 aromatic heterocycles.